The number of phenolic OH excluding ortho intramolecular Hbond substituents is 1. The summed E-state index contributed by atoms with van der Waals surface area (Å²) in [6.07, 6.45) is 1.90. The van der Waals surface area contributed by atoms with Gasteiger partial charge in [0.05, 0.1) is 6.54 Å². The summed E-state index contributed by atoms with van der Waals surface area (Å²) in [4.78, 5) is 3.13. The highest BCUT2D eigenvalue weighted by Gasteiger charge is 1.99. The van der Waals surface area contributed by atoms with Crippen LogP contribution in [0.4, 0.5) is 5.69 Å². The van der Waals surface area contributed by atoms with E-state index in [9.17, 15) is 5.11 Å². The average molecular weight is 202 g/mol. The van der Waals surface area contributed by atoms with Crippen molar-refractivity contribution in [2.24, 2.45) is 0 Å². The molecule has 0 aliphatic heterocycles. The Morgan fingerprint density at radius 2 is 2.20 bits per heavy atom. The van der Waals surface area contributed by atoms with E-state index in [-0.39, 0.29) is 0 Å². The Morgan fingerprint density at radius 3 is 2.87 bits per heavy atom. The third-order valence-electron chi connectivity index (χ3n) is 2.34. The molecule has 3 heteroatoms. The van der Waals surface area contributed by atoms with E-state index in [1.165, 1.54) is 0 Å². The van der Waals surface area contributed by atoms with E-state index < -0.39 is 0 Å². The van der Waals surface area contributed by atoms with Gasteiger partial charge in [-0.25, -0.2) is 0 Å². The first-order valence-electron chi connectivity index (χ1n) is 4.91. The zero-order valence-corrected chi connectivity index (χ0v) is 8.62. The molecular weight excluding hydrogens is 188 g/mol. The number of H-pyrrole nitrogens is 1. The monoisotopic (exact) mass is 202 g/mol. The lowest BCUT2D eigenvalue weighted by atomic mass is 10.2. The number of aryl methyl sites for hydroxylation is 1. The molecule has 1 heterocycles. The van der Waals surface area contributed by atoms with Crippen molar-refractivity contribution in [2.75, 3.05) is 5.32 Å². The molecular formula is C12H14N2O. The van der Waals surface area contributed by atoms with E-state index in [2.05, 4.69) is 10.3 Å². The molecule has 0 fully saturated rings. The van der Waals surface area contributed by atoms with Crippen LogP contribution in [0.15, 0.2) is 36.5 Å². The lowest BCUT2D eigenvalue weighted by Crippen LogP contribution is -2.00. The number of aromatic nitrogens is 1. The van der Waals surface area contributed by atoms with E-state index in [1.54, 1.807) is 12.1 Å². The van der Waals surface area contributed by atoms with Gasteiger partial charge in [0, 0.05) is 17.6 Å². The largest absolute Gasteiger partial charge is 0.508 e. The van der Waals surface area contributed by atoms with E-state index in [0.29, 0.717) is 5.75 Å². The second kappa shape index (κ2) is 4.09. The van der Waals surface area contributed by atoms with E-state index >= 15 is 0 Å². The van der Waals surface area contributed by atoms with Gasteiger partial charge in [0.25, 0.3) is 0 Å². The Hall–Kier alpha value is -1.90. The van der Waals surface area contributed by atoms with Gasteiger partial charge in [-0.05, 0) is 42.8 Å². The van der Waals surface area contributed by atoms with Gasteiger partial charge in [0.2, 0.25) is 0 Å². The quantitative estimate of drug-likeness (QED) is 0.670. The van der Waals surface area contributed by atoms with Gasteiger partial charge >= 0.3 is 0 Å². The molecule has 15 heavy (non-hydrogen) atoms. The number of aromatic hydroxyl groups is 1. The fourth-order valence-electron chi connectivity index (χ4n) is 1.51. The van der Waals surface area contributed by atoms with Gasteiger partial charge in [-0.1, -0.05) is 0 Å². The first-order chi connectivity index (χ1) is 7.25. The summed E-state index contributed by atoms with van der Waals surface area (Å²) >= 11 is 0. The molecule has 0 spiro atoms. The Morgan fingerprint density at radius 1 is 1.33 bits per heavy atom. The second-order valence-electron chi connectivity index (χ2n) is 3.55. The van der Waals surface area contributed by atoms with Crippen LogP contribution in [0, 0.1) is 6.92 Å². The van der Waals surface area contributed by atoms with Crippen molar-refractivity contribution < 1.29 is 5.11 Å². The molecule has 78 valence electrons. The summed E-state index contributed by atoms with van der Waals surface area (Å²) in [6.45, 7) is 2.73. The lowest BCUT2D eigenvalue weighted by Gasteiger charge is -2.08. The molecule has 1 aromatic carbocycles. The second-order valence-corrected chi connectivity index (χ2v) is 3.55. The molecule has 2 rings (SSSR count). The summed E-state index contributed by atoms with van der Waals surface area (Å²) in [7, 11) is 0. The Kier molecular flexibility index (Phi) is 2.63. The van der Waals surface area contributed by atoms with Gasteiger partial charge in [-0.15, -0.1) is 0 Å². The van der Waals surface area contributed by atoms with E-state index in [0.717, 1.165) is 23.5 Å². The fourth-order valence-corrected chi connectivity index (χ4v) is 1.51. The summed E-state index contributed by atoms with van der Waals surface area (Å²) in [5.41, 5.74) is 3.23. The highest BCUT2D eigenvalue weighted by molar-refractivity contribution is 5.53. The SMILES string of the molecule is Cc1cc(O)ccc1NCc1ccc[nH]1. The minimum atomic E-state index is 0.304. The minimum Gasteiger partial charge on any atom is -0.508 e. The van der Waals surface area contributed by atoms with Crippen molar-refractivity contribution in [3.63, 3.8) is 0 Å². The summed E-state index contributed by atoms with van der Waals surface area (Å²) in [5.74, 6) is 0.304. The molecule has 1 aromatic heterocycles. The lowest BCUT2D eigenvalue weighted by molar-refractivity contribution is 0.475. The zero-order chi connectivity index (χ0) is 10.7. The predicted octanol–water partition coefficient (Wildman–Crippen LogP) is 2.64. The molecule has 3 N–H and O–H groups in total. The predicted molar refractivity (Wildman–Crippen MR) is 61.0 cm³/mol. The van der Waals surface area contributed by atoms with Crippen molar-refractivity contribution in [3.8, 4) is 5.75 Å². The van der Waals surface area contributed by atoms with Gasteiger partial charge in [0.15, 0.2) is 0 Å². The molecule has 0 saturated carbocycles. The molecule has 2 aromatic rings. The number of rotatable bonds is 3. The van der Waals surface area contributed by atoms with Crippen LogP contribution in [0.25, 0.3) is 0 Å². The fraction of sp³-hybridized carbons (Fsp3) is 0.167. The van der Waals surface area contributed by atoms with Crippen molar-refractivity contribution in [1.82, 2.24) is 4.98 Å². The molecule has 0 bridgehead atoms. The highest BCUT2D eigenvalue weighted by Crippen LogP contribution is 2.20. The maximum Gasteiger partial charge on any atom is 0.115 e. The van der Waals surface area contributed by atoms with Crippen LogP contribution in [-0.2, 0) is 6.54 Å². The number of nitrogens with one attached hydrogen (secondary N) is 2. The number of hydrogen-bond donors (Lipinski definition) is 3. The van der Waals surface area contributed by atoms with Gasteiger partial charge in [-0.2, -0.15) is 0 Å². The molecule has 0 saturated heterocycles. The third-order valence-corrected chi connectivity index (χ3v) is 2.34. The first-order valence-corrected chi connectivity index (χ1v) is 4.91. The van der Waals surface area contributed by atoms with E-state index in [4.69, 9.17) is 0 Å². The Labute approximate surface area is 88.8 Å². The van der Waals surface area contributed by atoms with E-state index in [1.807, 2.05) is 31.3 Å². The highest BCUT2D eigenvalue weighted by atomic mass is 16.3. The number of phenols is 1. The van der Waals surface area contributed by atoms with Crippen molar-refractivity contribution >= 4 is 5.69 Å². The van der Waals surface area contributed by atoms with Gasteiger partial charge in [-0.3, -0.25) is 0 Å². The van der Waals surface area contributed by atoms with Crippen LogP contribution in [0.5, 0.6) is 5.75 Å². The maximum absolute atomic E-state index is 9.26. The molecule has 0 radical (unpaired) electrons. The van der Waals surface area contributed by atoms with Crippen molar-refractivity contribution in [2.45, 2.75) is 13.5 Å². The summed E-state index contributed by atoms with van der Waals surface area (Å²) in [6, 6.07) is 9.32. The average Bonchev–Trinajstić information content (AvgIpc) is 2.69. The third kappa shape index (κ3) is 2.31. The summed E-state index contributed by atoms with van der Waals surface area (Å²) < 4.78 is 0. The Bertz CT molecular complexity index is 435. The number of anilines is 1. The topological polar surface area (TPSA) is 48.0 Å². The molecule has 3 nitrogen and oxygen atoms in total. The number of benzene rings is 1. The molecule has 0 atom stereocenters. The standard InChI is InChI=1S/C12H14N2O/c1-9-7-11(15)4-5-12(9)14-8-10-3-2-6-13-10/h2-7,13-15H,8H2,1H3. The normalized spacial score (nSPS) is 10.2. The van der Waals surface area contributed by atoms with Crippen LogP contribution in [0.2, 0.25) is 0 Å². The minimum absolute atomic E-state index is 0.304. The van der Waals surface area contributed by atoms with Crippen molar-refractivity contribution in [3.05, 3.63) is 47.8 Å². The van der Waals surface area contributed by atoms with Gasteiger partial charge < -0.3 is 15.4 Å². The molecule has 0 aliphatic rings. The van der Waals surface area contributed by atoms with Crippen LogP contribution in [0.3, 0.4) is 0 Å². The van der Waals surface area contributed by atoms with Crippen LogP contribution >= 0.6 is 0 Å². The first kappa shape index (κ1) is 9.65. The van der Waals surface area contributed by atoms with Crippen LogP contribution < -0.4 is 5.32 Å². The summed E-state index contributed by atoms with van der Waals surface area (Å²) in [5, 5.41) is 12.6. The smallest absolute Gasteiger partial charge is 0.115 e. The number of hydrogen-bond acceptors (Lipinski definition) is 2. The number of aromatic amines is 1. The zero-order valence-electron chi connectivity index (χ0n) is 8.62. The maximum atomic E-state index is 9.26. The Balaban J connectivity index is 2.05. The van der Waals surface area contributed by atoms with Gasteiger partial charge in [0.1, 0.15) is 5.75 Å². The molecule has 0 amide bonds. The molecule has 0 aliphatic carbocycles. The van der Waals surface area contributed by atoms with Crippen LogP contribution in [0.1, 0.15) is 11.3 Å². The molecule has 0 unspecified atom stereocenters. The van der Waals surface area contributed by atoms with Crippen molar-refractivity contribution in [1.29, 1.82) is 0 Å². The van der Waals surface area contributed by atoms with Crippen LogP contribution in [-0.4, -0.2) is 10.1 Å².